The molecule has 0 radical (unpaired) electrons. The predicted octanol–water partition coefficient (Wildman–Crippen LogP) is 2.23. The van der Waals surface area contributed by atoms with Gasteiger partial charge in [-0.3, -0.25) is 0 Å². The minimum absolute atomic E-state index is 0.379. The summed E-state index contributed by atoms with van der Waals surface area (Å²) in [5.74, 6) is 0.911. The van der Waals surface area contributed by atoms with Crippen LogP contribution in [-0.2, 0) is 0 Å². The van der Waals surface area contributed by atoms with Crippen LogP contribution in [0.15, 0.2) is 9.79 Å². The van der Waals surface area contributed by atoms with E-state index in [2.05, 4.69) is 25.3 Å². The summed E-state index contributed by atoms with van der Waals surface area (Å²) < 4.78 is 10.8. The predicted molar refractivity (Wildman–Crippen MR) is 72.1 cm³/mol. The molecule has 0 aliphatic rings. The molecule has 0 bridgehead atoms. The van der Waals surface area contributed by atoms with Crippen LogP contribution in [0.4, 0.5) is 11.4 Å². The fourth-order valence-electron chi connectivity index (χ4n) is 1.30. The summed E-state index contributed by atoms with van der Waals surface area (Å²) in [7, 11) is 0. The number of anilines is 2. The van der Waals surface area contributed by atoms with Gasteiger partial charge in [-0.25, -0.2) is 0 Å². The number of rotatable bonds is 4. The minimum atomic E-state index is 0.379. The van der Waals surface area contributed by atoms with Gasteiger partial charge in [-0.1, -0.05) is 0 Å². The zero-order valence-corrected chi connectivity index (χ0v) is 11.1. The smallest absolute Gasteiger partial charge is 0.167 e. The number of nitrogen functional groups attached to an aromatic ring is 2. The van der Waals surface area contributed by atoms with E-state index in [1.165, 1.54) is 0 Å². The summed E-state index contributed by atoms with van der Waals surface area (Å²) in [6.07, 6.45) is 0. The fourth-order valence-corrected chi connectivity index (χ4v) is 1.94. The van der Waals surface area contributed by atoms with Gasteiger partial charge in [0.15, 0.2) is 5.75 Å². The van der Waals surface area contributed by atoms with Crippen molar-refractivity contribution < 1.29 is 9.47 Å². The molecule has 0 unspecified atom stereocenters. The molecule has 4 nitrogen and oxygen atoms in total. The quantitative estimate of drug-likeness (QED) is 0.495. The molecule has 90 valence electrons. The Balaban J connectivity index is 3.37. The Morgan fingerprint density at radius 2 is 1.25 bits per heavy atom. The second kappa shape index (κ2) is 5.45. The lowest BCUT2D eigenvalue weighted by molar-refractivity contribution is 0.318. The summed E-state index contributed by atoms with van der Waals surface area (Å²) >= 11 is 8.58. The largest absolute Gasteiger partial charge is 0.491 e. The molecule has 16 heavy (non-hydrogen) atoms. The van der Waals surface area contributed by atoms with Crippen LogP contribution in [0.2, 0.25) is 0 Å². The SMILES string of the molecule is CCOc1c(N)c(S)c(OCC)c(S)c1N. The molecule has 0 aliphatic carbocycles. The average Bonchev–Trinajstić information content (AvgIpc) is 2.28. The molecule has 0 spiro atoms. The van der Waals surface area contributed by atoms with Crippen LogP contribution in [0.1, 0.15) is 13.8 Å². The van der Waals surface area contributed by atoms with Crippen molar-refractivity contribution in [2.24, 2.45) is 0 Å². The lowest BCUT2D eigenvalue weighted by Crippen LogP contribution is -2.06. The van der Waals surface area contributed by atoms with E-state index in [-0.39, 0.29) is 0 Å². The van der Waals surface area contributed by atoms with Gasteiger partial charge in [0, 0.05) is 0 Å². The first kappa shape index (κ1) is 13.2. The summed E-state index contributed by atoms with van der Waals surface area (Å²) in [5.41, 5.74) is 12.5. The van der Waals surface area contributed by atoms with E-state index in [1.54, 1.807) is 0 Å². The first-order valence-corrected chi connectivity index (χ1v) is 5.82. The molecule has 0 heterocycles. The Morgan fingerprint density at radius 3 is 1.62 bits per heavy atom. The van der Waals surface area contributed by atoms with Crippen LogP contribution in [0.3, 0.4) is 0 Å². The van der Waals surface area contributed by atoms with E-state index in [0.29, 0.717) is 45.9 Å². The van der Waals surface area contributed by atoms with Gasteiger partial charge in [-0.15, -0.1) is 25.3 Å². The van der Waals surface area contributed by atoms with E-state index in [9.17, 15) is 0 Å². The van der Waals surface area contributed by atoms with Crippen molar-refractivity contribution in [1.29, 1.82) is 0 Å². The summed E-state index contributed by atoms with van der Waals surface area (Å²) in [6, 6.07) is 0. The number of ether oxygens (including phenoxy) is 2. The Labute approximate surface area is 106 Å². The van der Waals surface area contributed by atoms with Crippen LogP contribution in [0.5, 0.6) is 11.5 Å². The van der Waals surface area contributed by atoms with Gasteiger partial charge in [-0.05, 0) is 13.8 Å². The second-order valence-corrected chi connectivity index (χ2v) is 3.94. The molecule has 1 aromatic carbocycles. The highest BCUT2D eigenvalue weighted by Gasteiger charge is 2.19. The maximum absolute atomic E-state index is 5.87. The zero-order chi connectivity index (χ0) is 12.3. The number of thiol groups is 2. The number of hydrogen-bond acceptors (Lipinski definition) is 6. The molecule has 1 rings (SSSR count). The Kier molecular flexibility index (Phi) is 4.49. The Morgan fingerprint density at radius 1 is 0.875 bits per heavy atom. The van der Waals surface area contributed by atoms with E-state index < -0.39 is 0 Å². The van der Waals surface area contributed by atoms with Crippen molar-refractivity contribution in [3.05, 3.63) is 0 Å². The van der Waals surface area contributed by atoms with Crippen molar-refractivity contribution in [1.82, 2.24) is 0 Å². The van der Waals surface area contributed by atoms with Gasteiger partial charge in [0.25, 0.3) is 0 Å². The maximum atomic E-state index is 5.87. The number of nitrogens with two attached hydrogens (primary N) is 2. The molecule has 0 fully saturated rings. The standard InChI is InChI=1S/C10H16N2O2S2/c1-3-13-7-5(11)9(15)8(14-4-2)10(16)6(7)12/h15-16H,3-4,11-12H2,1-2H3. The third kappa shape index (κ3) is 2.27. The first-order chi connectivity index (χ1) is 7.54. The minimum Gasteiger partial charge on any atom is -0.491 e. The van der Waals surface area contributed by atoms with Crippen molar-refractivity contribution in [2.75, 3.05) is 24.7 Å². The summed E-state index contributed by atoms with van der Waals surface area (Å²) in [6.45, 7) is 4.69. The fraction of sp³-hybridized carbons (Fsp3) is 0.400. The normalized spacial score (nSPS) is 10.2. The molecule has 0 saturated carbocycles. The second-order valence-electron chi connectivity index (χ2n) is 3.05. The Hall–Kier alpha value is -0.880. The van der Waals surface area contributed by atoms with E-state index in [4.69, 9.17) is 20.9 Å². The van der Waals surface area contributed by atoms with Gasteiger partial charge in [0.2, 0.25) is 0 Å². The van der Waals surface area contributed by atoms with Gasteiger partial charge in [0.05, 0.1) is 34.4 Å². The lowest BCUT2D eigenvalue weighted by Gasteiger charge is -2.18. The third-order valence-corrected chi connectivity index (χ3v) is 2.89. The van der Waals surface area contributed by atoms with Crippen LogP contribution in [-0.4, -0.2) is 13.2 Å². The highest BCUT2D eigenvalue weighted by atomic mass is 32.1. The lowest BCUT2D eigenvalue weighted by atomic mass is 10.2. The molecule has 0 saturated heterocycles. The van der Waals surface area contributed by atoms with Gasteiger partial charge < -0.3 is 20.9 Å². The van der Waals surface area contributed by atoms with Crippen LogP contribution >= 0.6 is 25.3 Å². The van der Waals surface area contributed by atoms with Crippen molar-refractivity contribution in [2.45, 2.75) is 23.6 Å². The summed E-state index contributed by atoms with van der Waals surface area (Å²) in [5, 5.41) is 0. The van der Waals surface area contributed by atoms with E-state index in [0.717, 1.165) is 0 Å². The van der Waals surface area contributed by atoms with Gasteiger partial charge in [-0.2, -0.15) is 0 Å². The third-order valence-electron chi connectivity index (χ3n) is 2.01. The van der Waals surface area contributed by atoms with Gasteiger partial charge in [0.1, 0.15) is 5.75 Å². The van der Waals surface area contributed by atoms with Gasteiger partial charge >= 0.3 is 0 Å². The highest BCUT2D eigenvalue weighted by molar-refractivity contribution is 7.81. The molecule has 0 atom stereocenters. The number of benzene rings is 1. The van der Waals surface area contributed by atoms with Crippen LogP contribution in [0.25, 0.3) is 0 Å². The molecule has 0 aromatic heterocycles. The topological polar surface area (TPSA) is 70.5 Å². The van der Waals surface area contributed by atoms with E-state index >= 15 is 0 Å². The molecule has 4 N–H and O–H groups in total. The molecular formula is C10H16N2O2S2. The monoisotopic (exact) mass is 260 g/mol. The van der Waals surface area contributed by atoms with Crippen molar-refractivity contribution in [3.63, 3.8) is 0 Å². The number of hydrogen-bond donors (Lipinski definition) is 4. The summed E-state index contributed by atoms with van der Waals surface area (Å²) in [4.78, 5) is 1.01. The van der Waals surface area contributed by atoms with Crippen LogP contribution < -0.4 is 20.9 Å². The maximum Gasteiger partial charge on any atom is 0.167 e. The Bertz CT molecular complexity index is 331. The molecular weight excluding hydrogens is 244 g/mol. The van der Waals surface area contributed by atoms with E-state index in [1.807, 2.05) is 13.8 Å². The molecule has 0 aliphatic heterocycles. The highest BCUT2D eigenvalue weighted by Crippen LogP contribution is 2.46. The molecule has 1 aromatic rings. The first-order valence-electron chi connectivity index (χ1n) is 4.92. The zero-order valence-electron chi connectivity index (χ0n) is 9.28. The molecule has 0 amide bonds. The average molecular weight is 260 g/mol. The van der Waals surface area contributed by atoms with Crippen molar-refractivity contribution >= 4 is 36.6 Å². The van der Waals surface area contributed by atoms with Crippen molar-refractivity contribution in [3.8, 4) is 11.5 Å². The molecule has 6 heteroatoms. The van der Waals surface area contributed by atoms with Crippen LogP contribution in [0, 0.1) is 0 Å².